The second-order valence-corrected chi connectivity index (χ2v) is 4.82. The van der Waals surface area contributed by atoms with E-state index in [9.17, 15) is 4.79 Å². The van der Waals surface area contributed by atoms with E-state index in [0.717, 1.165) is 5.69 Å². The number of rotatable bonds is 2. The van der Waals surface area contributed by atoms with E-state index in [-0.39, 0.29) is 11.3 Å². The minimum atomic E-state index is -0.0917. The van der Waals surface area contributed by atoms with Crippen LogP contribution in [0.4, 0.5) is 5.69 Å². The molecule has 0 heterocycles. The third-order valence-electron chi connectivity index (χ3n) is 2.34. The highest BCUT2D eigenvalue weighted by Crippen LogP contribution is 2.23. The molecule has 0 saturated heterocycles. The number of nitrogens with one attached hydrogen (secondary N) is 1. The van der Waals surface area contributed by atoms with Gasteiger partial charge in [0.1, 0.15) is 0 Å². The molecule has 0 aliphatic carbocycles. The average molecular weight is 217 g/mol. The Bertz CT molecular complexity index is 382. The van der Waals surface area contributed by atoms with Gasteiger partial charge in [0.15, 0.2) is 0 Å². The molecule has 86 valence electrons. The zero-order valence-corrected chi connectivity index (χ0v) is 10.4. The van der Waals surface area contributed by atoms with Crippen LogP contribution in [-0.4, -0.2) is 5.91 Å². The molecule has 0 fully saturated rings. The standard InChI is InChI=1S/C14H19NO/c1-5-6-13(16)15-12-9-7-11(8-10-12)14(2,3)4/h5-10H,1-4H3,(H,15,16)/b6-5-. The van der Waals surface area contributed by atoms with Gasteiger partial charge in [-0.05, 0) is 36.1 Å². The van der Waals surface area contributed by atoms with Crippen molar-refractivity contribution in [1.29, 1.82) is 0 Å². The highest BCUT2D eigenvalue weighted by atomic mass is 16.1. The highest BCUT2D eigenvalue weighted by Gasteiger charge is 2.12. The molecular formula is C14H19NO. The lowest BCUT2D eigenvalue weighted by molar-refractivity contribution is -0.111. The lowest BCUT2D eigenvalue weighted by Crippen LogP contribution is -2.12. The Hall–Kier alpha value is -1.57. The van der Waals surface area contributed by atoms with Gasteiger partial charge in [-0.25, -0.2) is 0 Å². The Morgan fingerprint density at radius 2 is 1.75 bits per heavy atom. The van der Waals surface area contributed by atoms with E-state index in [0.29, 0.717) is 0 Å². The molecule has 16 heavy (non-hydrogen) atoms. The highest BCUT2D eigenvalue weighted by molar-refractivity contribution is 5.99. The second kappa shape index (κ2) is 4.97. The summed E-state index contributed by atoms with van der Waals surface area (Å²) in [5.74, 6) is -0.0917. The van der Waals surface area contributed by atoms with Gasteiger partial charge in [0.05, 0.1) is 0 Å². The summed E-state index contributed by atoms with van der Waals surface area (Å²) < 4.78 is 0. The molecule has 2 nitrogen and oxygen atoms in total. The van der Waals surface area contributed by atoms with Crippen molar-refractivity contribution in [2.75, 3.05) is 5.32 Å². The van der Waals surface area contributed by atoms with E-state index in [1.807, 2.05) is 31.2 Å². The quantitative estimate of drug-likeness (QED) is 0.755. The Balaban J connectivity index is 2.76. The Labute approximate surface area is 97.4 Å². The van der Waals surface area contributed by atoms with Gasteiger partial charge in [-0.2, -0.15) is 0 Å². The number of allylic oxidation sites excluding steroid dienone is 1. The molecule has 0 aliphatic heterocycles. The average Bonchev–Trinajstić information content (AvgIpc) is 2.17. The maximum atomic E-state index is 11.3. The lowest BCUT2D eigenvalue weighted by atomic mass is 9.87. The fourth-order valence-electron chi connectivity index (χ4n) is 1.39. The molecule has 2 heteroatoms. The summed E-state index contributed by atoms with van der Waals surface area (Å²) in [6.45, 7) is 8.32. The van der Waals surface area contributed by atoms with Gasteiger partial charge in [-0.1, -0.05) is 39.0 Å². The number of carbonyl (C=O) groups excluding carboxylic acids is 1. The third kappa shape index (κ3) is 3.54. The molecule has 1 aromatic rings. The van der Waals surface area contributed by atoms with Crippen LogP contribution >= 0.6 is 0 Å². The van der Waals surface area contributed by atoms with Crippen molar-refractivity contribution in [3.8, 4) is 0 Å². The summed E-state index contributed by atoms with van der Waals surface area (Å²) in [5.41, 5.74) is 2.24. The minimum absolute atomic E-state index is 0.0917. The van der Waals surface area contributed by atoms with Crippen molar-refractivity contribution in [2.45, 2.75) is 33.1 Å². The van der Waals surface area contributed by atoms with Gasteiger partial charge in [0.2, 0.25) is 5.91 Å². The topological polar surface area (TPSA) is 29.1 Å². The predicted molar refractivity (Wildman–Crippen MR) is 68.6 cm³/mol. The molecular weight excluding hydrogens is 198 g/mol. The lowest BCUT2D eigenvalue weighted by Gasteiger charge is -2.19. The van der Waals surface area contributed by atoms with E-state index < -0.39 is 0 Å². The minimum Gasteiger partial charge on any atom is -0.323 e. The summed E-state index contributed by atoms with van der Waals surface area (Å²) in [6, 6.07) is 7.96. The molecule has 0 saturated carbocycles. The van der Waals surface area contributed by atoms with Crippen molar-refractivity contribution in [1.82, 2.24) is 0 Å². The molecule has 1 aromatic carbocycles. The van der Waals surface area contributed by atoms with Gasteiger partial charge >= 0.3 is 0 Å². The van der Waals surface area contributed by atoms with Crippen LogP contribution < -0.4 is 5.32 Å². The number of benzene rings is 1. The van der Waals surface area contributed by atoms with Crippen LogP contribution in [0.3, 0.4) is 0 Å². The number of carbonyl (C=O) groups is 1. The molecule has 0 radical (unpaired) electrons. The van der Waals surface area contributed by atoms with Crippen LogP contribution in [0.5, 0.6) is 0 Å². The van der Waals surface area contributed by atoms with Gasteiger partial charge in [-0.3, -0.25) is 4.79 Å². The summed E-state index contributed by atoms with van der Waals surface area (Å²) >= 11 is 0. The first kappa shape index (κ1) is 12.5. The molecule has 0 bridgehead atoms. The van der Waals surface area contributed by atoms with Crippen LogP contribution in [0.2, 0.25) is 0 Å². The van der Waals surface area contributed by atoms with Crippen molar-refractivity contribution < 1.29 is 4.79 Å². The van der Waals surface area contributed by atoms with Crippen LogP contribution in [0.25, 0.3) is 0 Å². The molecule has 1 rings (SSSR count). The largest absolute Gasteiger partial charge is 0.323 e. The van der Waals surface area contributed by atoms with Crippen LogP contribution in [-0.2, 0) is 10.2 Å². The molecule has 0 spiro atoms. The molecule has 0 aliphatic rings. The number of hydrogen-bond acceptors (Lipinski definition) is 1. The van der Waals surface area contributed by atoms with E-state index >= 15 is 0 Å². The zero-order chi connectivity index (χ0) is 12.2. The molecule has 0 atom stereocenters. The van der Waals surface area contributed by atoms with E-state index in [2.05, 4.69) is 26.1 Å². The summed E-state index contributed by atoms with van der Waals surface area (Å²) in [4.78, 5) is 11.3. The fraction of sp³-hybridized carbons (Fsp3) is 0.357. The number of anilines is 1. The number of hydrogen-bond donors (Lipinski definition) is 1. The second-order valence-electron chi connectivity index (χ2n) is 4.82. The van der Waals surface area contributed by atoms with Crippen molar-refractivity contribution in [3.05, 3.63) is 42.0 Å². The van der Waals surface area contributed by atoms with E-state index in [1.165, 1.54) is 11.6 Å². The Morgan fingerprint density at radius 3 is 2.19 bits per heavy atom. The summed E-state index contributed by atoms with van der Waals surface area (Å²) in [6.07, 6.45) is 3.23. The maximum absolute atomic E-state index is 11.3. The SMILES string of the molecule is C/C=C\C(=O)Nc1ccc(C(C)(C)C)cc1. The van der Waals surface area contributed by atoms with Crippen molar-refractivity contribution >= 4 is 11.6 Å². The van der Waals surface area contributed by atoms with Gasteiger partial charge in [-0.15, -0.1) is 0 Å². The smallest absolute Gasteiger partial charge is 0.248 e. The van der Waals surface area contributed by atoms with Crippen LogP contribution in [0.15, 0.2) is 36.4 Å². The molecule has 0 unspecified atom stereocenters. The summed E-state index contributed by atoms with van der Waals surface area (Å²) in [7, 11) is 0. The van der Waals surface area contributed by atoms with E-state index in [4.69, 9.17) is 0 Å². The Kier molecular flexibility index (Phi) is 3.88. The van der Waals surface area contributed by atoms with E-state index in [1.54, 1.807) is 6.08 Å². The monoisotopic (exact) mass is 217 g/mol. The first-order chi connectivity index (χ1) is 7.43. The number of amides is 1. The zero-order valence-electron chi connectivity index (χ0n) is 10.4. The van der Waals surface area contributed by atoms with Gasteiger partial charge in [0, 0.05) is 5.69 Å². The normalized spacial score (nSPS) is 11.8. The van der Waals surface area contributed by atoms with Gasteiger partial charge < -0.3 is 5.32 Å². The molecule has 1 amide bonds. The fourth-order valence-corrected chi connectivity index (χ4v) is 1.39. The maximum Gasteiger partial charge on any atom is 0.248 e. The first-order valence-corrected chi connectivity index (χ1v) is 5.47. The Morgan fingerprint density at radius 1 is 1.19 bits per heavy atom. The first-order valence-electron chi connectivity index (χ1n) is 5.47. The molecule has 0 aromatic heterocycles. The van der Waals surface area contributed by atoms with Gasteiger partial charge in [0.25, 0.3) is 0 Å². The van der Waals surface area contributed by atoms with Crippen LogP contribution in [0.1, 0.15) is 33.3 Å². The van der Waals surface area contributed by atoms with Crippen molar-refractivity contribution in [2.24, 2.45) is 0 Å². The third-order valence-corrected chi connectivity index (χ3v) is 2.34. The summed E-state index contributed by atoms with van der Waals surface area (Å²) in [5, 5.41) is 2.80. The molecule has 1 N–H and O–H groups in total. The van der Waals surface area contributed by atoms with Crippen molar-refractivity contribution in [3.63, 3.8) is 0 Å². The van der Waals surface area contributed by atoms with Crippen LogP contribution in [0, 0.1) is 0 Å². The predicted octanol–water partition coefficient (Wildman–Crippen LogP) is 3.50.